The lowest BCUT2D eigenvalue weighted by molar-refractivity contribution is -0.274. The maximum absolute atomic E-state index is 13.6. The Bertz CT molecular complexity index is 1330. The molecule has 0 aliphatic carbocycles. The van der Waals surface area contributed by atoms with Gasteiger partial charge < -0.3 is 9.64 Å². The SMILES string of the molecule is CN1/C(=C2/SC(=Nc3ccc(OC(F)(F)F)cc3)N(Cc3ccccc3)C2=O)Sc2ccccc21. The zero-order chi connectivity index (χ0) is 24.6. The Balaban J connectivity index is 1.49. The number of ether oxygens (including phenoxy) is 1. The molecule has 10 heteroatoms. The van der Waals surface area contributed by atoms with Gasteiger partial charge in [0.1, 0.15) is 10.7 Å². The van der Waals surface area contributed by atoms with Crippen LogP contribution in [0.3, 0.4) is 0 Å². The topological polar surface area (TPSA) is 45.1 Å². The second-order valence-corrected chi connectivity index (χ2v) is 9.69. The third-order valence-corrected chi connectivity index (χ3v) is 7.71. The Morgan fingerprint density at radius 2 is 1.60 bits per heavy atom. The van der Waals surface area contributed by atoms with Crippen LogP contribution in [0.25, 0.3) is 0 Å². The first kappa shape index (κ1) is 23.4. The third-order valence-electron chi connectivity index (χ3n) is 5.27. The molecule has 2 aliphatic rings. The van der Waals surface area contributed by atoms with Gasteiger partial charge in [-0.15, -0.1) is 13.2 Å². The number of carbonyl (C=O) groups excluding carboxylic acids is 1. The molecule has 5 nitrogen and oxygen atoms in total. The van der Waals surface area contributed by atoms with E-state index >= 15 is 0 Å². The molecule has 1 fully saturated rings. The van der Waals surface area contributed by atoms with Crippen LogP contribution >= 0.6 is 23.5 Å². The molecule has 2 heterocycles. The van der Waals surface area contributed by atoms with E-state index in [-0.39, 0.29) is 11.7 Å². The van der Waals surface area contributed by atoms with Crippen molar-refractivity contribution in [3.05, 3.63) is 94.4 Å². The molecule has 35 heavy (non-hydrogen) atoms. The van der Waals surface area contributed by atoms with Crippen molar-refractivity contribution < 1.29 is 22.7 Å². The summed E-state index contributed by atoms with van der Waals surface area (Å²) in [6.07, 6.45) is -4.77. The summed E-state index contributed by atoms with van der Waals surface area (Å²) in [6.45, 7) is 0.318. The number of para-hydroxylation sites is 1. The Morgan fingerprint density at radius 1 is 0.914 bits per heavy atom. The molecular weight excluding hydrogens is 495 g/mol. The Morgan fingerprint density at radius 3 is 2.29 bits per heavy atom. The lowest BCUT2D eigenvalue weighted by Crippen LogP contribution is -2.29. The fourth-order valence-corrected chi connectivity index (χ4v) is 6.00. The predicted molar refractivity (Wildman–Crippen MR) is 133 cm³/mol. The van der Waals surface area contributed by atoms with Gasteiger partial charge in [-0.3, -0.25) is 9.69 Å². The van der Waals surface area contributed by atoms with Gasteiger partial charge in [0.15, 0.2) is 5.17 Å². The number of carbonyl (C=O) groups is 1. The van der Waals surface area contributed by atoms with E-state index in [0.29, 0.717) is 22.3 Å². The summed E-state index contributed by atoms with van der Waals surface area (Å²) in [5.41, 5.74) is 2.37. The van der Waals surface area contributed by atoms with E-state index < -0.39 is 6.36 Å². The van der Waals surface area contributed by atoms with E-state index in [1.54, 1.807) is 4.90 Å². The summed E-state index contributed by atoms with van der Waals surface area (Å²) in [4.78, 5) is 23.4. The van der Waals surface area contributed by atoms with Crippen molar-refractivity contribution in [3.63, 3.8) is 0 Å². The molecule has 3 aromatic carbocycles. The highest BCUT2D eigenvalue weighted by molar-refractivity contribution is 8.19. The number of hydrogen-bond acceptors (Lipinski definition) is 6. The van der Waals surface area contributed by atoms with Crippen LogP contribution in [0, 0.1) is 0 Å². The van der Waals surface area contributed by atoms with Crippen molar-refractivity contribution in [1.29, 1.82) is 0 Å². The summed E-state index contributed by atoms with van der Waals surface area (Å²) in [5.74, 6) is -0.501. The van der Waals surface area contributed by atoms with E-state index in [9.17, 15) is 18.0 Å². The number of hydrogen-bond donors (Lipinski definition) is 0. The molecule has 178 valence electrons. The molecule has 0 saturated carbocycles. The highest BCUT2D eigenvalue weighted by Gasteiger charge is 2.39. The van der Waals surface area contributed by atoms with Crippen molar-refractivity contribution in [2.45, 2.75) is 17.8 Å². The van der Waals surface area contributed by atoms with Crippen LogP contribution in [0.15, 0.2) is 98.7 Å². The van der Waals surface area contributed by atoms with Gasteiger partial charge in [0.05, 0.1) is 22.9 Å². The van der Waals surface area contributed by atoms with Crippen LogP contribution in [-0.2, 0) is 11.3 Å². The molecular formula is C25H18F3N3O2S2. The first-order chi connectivity index (χ1) is 16.8. The Labute approximate surface area is 208 Å². The highest BCUT2D eigenvalue weighted by Crippen LogP contribution is 2.50. The van der Waals surface area contributed by atoms with E-state index in [4.69, 9.17) is 0 Å². The summed E-state index contributed by atoms with van der Waals surface area (Å²) >= 11 is 2.79. The minimum Gasteiger partial charge on any atom is -0.406 e. The number of fused-ring (bicyclic) bond motifs is 1. The fraction of sp³-hybridized carbons (Fsp3) is 0.120. The van der Waals surface area contributed by atoms with Crippen LogP contribution in [0.1, 0.15) is 5.56 Å². The maximum atomic E-state index is 13.6. The molecule has 0 N–H and O–H groups in total. The number of anilines is 1. The summed E-state index contributed by atoms with van der Waals surface area (Å²) in [6, 6.07) is 22.7. The smallest absolute Gasteiger partial charge is 0.406 e. The van der Waals surface area contributed by atoms with Crippen LogP contribution in [-0.4, -0.2) is 29.4 Å². The summed E-state index contributed by atoms with van der Waals surface area (Å²) < 4.78 is 41.4. The monoisotopic (exact) mass is 513 g/mol. The normalized spacial score (nSPS) is 19.0. The average Bonchev–Trinajstić information content (AvgIpc) is 3.32. The molecule has 0 radical (unpaired) electrons. The quantitative estimate of drug-likeness (QED) is 0.361. The second kappa shape index (κ2) is 9.35. The molecule has 1 amide bonds. The van der Waals surface area contributed by atoms with Crippen molar-refractivity contribution in [1.82, 2.24) is 4.90 Å². The number of amides is 1. The van der Waals surface area contributed by atoms with Gasteiger partial charge in [0.2, 0.25) is 0 Å². The highest BCUT2D eigenvalue weighted by atomic mass is 32.2. The van der Waals surface area contributed by atoms with Crippen molar-refractivity contribution in [2.75, 3.05) is 11.9 Å². The number of amidine groups is 1. The minimum atomic E-state index is -4.77. The van der Waals surface area contributed by atoms with Crippen LogP contribution < -0.4 is 9.64 Å². The average molecular weight is 514 g/mol. The first-order valence-corrected chi connectivity index (χ1v) is 12.1. The van der Waals surface area contributed by atoms with Crippen molar-refractivity contribution in [2.24, 2.45) is 4.99 Å². The van der Waals surface area contributed by atoms with E-state index in [1.807, 2.05) is 66.5 Å². The van der Waals surface area contributed by atoms with Gasteiger partial charge in [-0.2, -0.15) is 0 Å². The van der Waals surface area contributed by atoms with Gasteiger partial charge in [-0.25, -0.2) is 4.99 Å². The molecule has 0 spiro atoms. The number of benzene rings is 3. The molecule has 1 saturated heterocycles. The van der Waals surface area contributed by atoms with Gasteiger partial charge in [-0.1, -0.05) is 54.2 Å². The van der Waals surface area contributed by atoms with Gasteiger partial charge in [-0.05, 0) is 53.7 Å². The van der Waals surface area contributed by atoms with Crippen LogP contribution in [0.5, 0.6) is 5.75 Å². The summed E-state index contributed by atoms with van der Waals surface area (Å²) in [5, 5.41) is 1.27. The molecule has 2 aliphatic heterocycles. The van der Waals surface area contributed by atoms with E-state index in [2.05, 4.69) is 9.73 Å². The van der Waals surface area contributed by atoms with Crippen LogP contribution in [0.2, 0.25) is 0 Å². The predicted octanol–water partition coefficient (Wildman–Crippen LogP) is 6.76. The molecule has 0 unspecified atom stereocenters. The number of halogens is 3. The number of alkyl halides is 3. The third kappa shape index (κ3) is 5.03. The zero-order valence-corrected chi connectivity index (χ0v) is 20.0. The molecule has 3 aromatic rings. The summed E-state index contributed by atoms with van der Waals surface area (Å²) in [7, 11) is 1.92. The molecule has 0 atom stereocenters. The van der Waals surface area contributed by atoms with Gasteiger partial charge in [0.25, 0.3) is 5.91 Å². The van der Waals surface area contributed by atoms with Crippen LogP contribution in [0.4, 0.5) is 24.5 Å². The Hall–Kier alpha value is -3.37. The zero-order valence-electron chi connectivity index (χ0n) is 18.3. The lowest BCUT2D eigenvalue weighted by atomic mass is 10.2. The minimum absolute atomic E-state index is 0.170. The molecule has 0 bridgehead atoms. The van der Waals surface area contributed by atoms with Gasteiger partial charge >= 0.3 is 6.36 Å². The number of rotatable bonds is 4. The van der Waals surface area contributed by atoms with E-state index in [0.717, 1.165) is 21.2 Å². The Kier molecular flexibility index (Phi) is 6.24. The second-order valence-electron chi connectivity index (χ2n) is 7.68. The number of thioether (sulfide) groups is 2. The lowest BCUT2D eigenvalue weighted by Gasteiger charge is -2.17. The standard InChI is InChI=1S/C25H18F3N3O2S2/c1-30-19-9-5-6-10-20(19)34-23(30)21-22(32)31(15-16-7-3-2-4-8-16)24(35-21)29-17-11-13-18(14-12-17)33-25(26,27)28/h2-14H,15H2,1H3/b23-21-,29-24?. The number of nitrogens with zero attached hydrogens (tertiary/aromatic N) is 3. The van der Waals surface area contributed by atoms with Crippen molar-refractivity contribution >= 4 is 46.0 Å². The first-order valence-electron chi connectivity index (χ1n) is 10.5. The van der Waals surface area contributed by atoms with Gasteiger partial charge in [0, 0.05) is 11.9 Å². The molecule has 5 rings (SSSR count). The maximum Gasteiger partial charge on any atom is 0.573 e. The largest absolute Gasteiger partial charge is 0.573 e. The number of aliphatic imine (C=N–C) groups is 1. The molecule has 0 aromatic heterocycles. The van der Waals surface area contributed by atoms with Crippen molar-refractivity contribution in [3.8, 4) is 5.75 Å². The van der Waals surface area contributed by atoms with E-state index in [1.165, 1.54) is 47.8 Å². The fourth-order valence-electron chi connectivity index (χ4n) is 3.66.